The number of pyridine rings is 1. The number of hydrogen-bond acceptors (Lipinski definition) is 1. The monoisotopic (exact) mass is 273 g/mol. The molecular formula is C16H10F3N. The van der Waals surface area contributed by atoms with Crippen molar-refractivity contribution in [3.63, 3.8) is 0 Å². The molecule has 0 fully saturated rings. The second-order valence-electron chi connectivity index (χ2n) is 4.49. The van der Waals surface area contributed by atoms with Crippen LogP contribution in [0.3, 0.4) is 0 Å². The van der Waals surface area contributed by atoms with E-state index in [1.807, 2.05) is 30.3 Å². The van der Waals surface area contributed by atoms with Crippen molar-refractivity contribution in [3.05, 3.63) is 66.4 Å². The minimum Gasteiger partial charge on any atom is -0.256 e. The fourth-order valence-corrected chi connectivity index (χ4v) is 2.11. The highest BCUT2D eigenvalue weighted by atomic mass is 19.4. The van der Waals surface area contributed by atoms with Crippen LogP contribution in [0.15, 0.2) is 60.8 Å². The highest BCUT2D eigenvalue weighted by Gasteiger charge is 2.29. The van der Waals surface area contributed by atoms with E-state index in [1.165, 1.54) is 12.1 Å². The van der Waals surface area contributed by atoms with Crippen LogP contribution in [-0.4, -0.2) is 4.98 Å². The molecule has 0 amide bonds. The summed E-state index contributed by atoms with van der Waals surface area (Å²) in [6.45, 7) is 0. The van der Waals surface area contributed by atoms with Gasteiger partial charge in [0.25, 0.3) is 0 Å². The van der Waals surface area contributed by atoms with Crippen LogP contribution in [0.2, 0.25) is 0 Å². The van der Waals surface area contributed by atoms with Crippen LogP contribution < -0.4 is 0 Å². The van der Waals surface area contributed by atoms with Crippen molar-refractivity contribution in [1.29, 1.82) is 0 Å². The highest BCUT2D eigenvalue weighted by molar-refractivity contribution is 5.84. The first-order valence-electron chi connectivity index (χ1n) is 6.06. The molecule has 0 radical (unpaired) electrons. The molecule has 0 aliphatic heterocycles. The summed E-state index contributed by atoms with van der Waals surface area (Å²) in [4.78, 5) is 4.21. The van der Waals surface area contributed by atoms with Crippen LogP contribution in [0, 0.1) is 0 Å². The lowest BCUT2D eigenvalue weighted by atomic mass is 10.0. The molecule has 0 bridgehead atoms. The third kappa shape index (κ3) is 2.37. The van der Waals surface area contributed by atoms with Gasteiger partial charge in [-0.1, -0.05) is 24.3 Å². The molecule has 0 unspecified atom stereocenters. The first-order chi connectivity index (χ1) is 9.54. The minimum atomic E-state index is -4.30. The van der Waals surface area contributed by atoms with Gasteiger partial charge in [0.15, 0.2) is 0 Å². The van der Waals surface area contributed by atoms with Crippen LogP contribution in [-0.2, 0) is 6.18 Å². The van der Waals surface area contributed by atoms with Gasteiger partial charge in [0, 0.05) is 11.6 Å². The van der Waals surface area contributed by atoms with E-state index in [-0.39, 0.29) is 0 Å². The first-order valence-corrected chi connectivity index (χ1v) is 6.06. The molecule has 20 heavy (non-hydrogen) atoms. The standard InChI is InChI=1S/C16H10F3N/c17-16(18,19)14-6-3-11(4-7-14)12-5-8-15-13(10-12)2-1-9-20-15/h1-10H. The third-order valence-electron chi connectivity index (χ3n) is 3.15. The number of nitrogens with zero attached hydrogens (tertiary/aromatic N) is 1. The van der Waals surface area contributed by atoms with Gasteiger partial charge in [-0.25, -0.2) is 0 Å². The number of aromatic nitrogens is 1. The van der Waals surface area contributed by atoms with E-state index in [1.54, 1.807) is 6.20 Å². The minimum absolute atomic E-state index is 0.635. The quantitative estimate of drug-likeness (QED) is 0.613. The van der Waals surface area contributed by atoms with Gasteiger partial charge in [-0.15, -0.1) is 0 Å². The Morgan fingerprint density at radius 2 is 1.50 bits per heavy atom. The van der Waals surface area contributed by atoms with Crippen LogP contribution in [0.1, 0.15) is 5.56 Å². The van der Waals surface area contributed by atoms with E-state index in [2.05, 4.69) is 4.98 Å². The Morgan fingerprint density at radius 3 is 2.20 bits per heavy atom. The molecule has 100 valence electrons. The predicted molar refractivity (Wildman–Crippen MR) is 72.2 cm³/mol. The first kappa shape index (κ1) is 12.7. The van der Waals surface area contributed by atoms with Crippen molar-refractivity contribution in [3.8, 4) is 11.1 Å². The van der Waals surface area contributed by atoms with Crippen LogP contribution in [0.4, 0.5) is 13.2 Å². The van der Waals surface area contributed by atoms with Crippen molar-refractivity contribution >= 4 is 10.9 Å². The van der Waals surface area contributed by atoms with Gasteiger partial charge in [-0.3, -0.25) is 4.98 Å². The van der Waals surface area contributed by atoms with Gasteiger partial charge in [0.2, 0.25) is 0 Å². The van der Waals surface area contributed by atoms with E-state index < -0.39 is 11.7 Å². The lowest BCUT2D eigenvalue weighted by Gasteiger charge is -2.08. The van der Waals surface area contributed by atoms with Gasteiger partial charge < -0.3 is 0 Å². The lowest BCUT2D eigenvalue weighted by molar-refractivity contribution is -0.137. The fraction of sp³-hybridized carbons (Fsp3) is 0.0625. The van der Waals surface area contributed by atoms with E-state index in [0.717, 1.165) is 34.2 Å². The van der Waals surface area contributed by atoms with Crippen molar-refractivity contribution in [2.75, 3.05) is 0 Å². The molecule has 0 N–H and O–H groups in total. The highest BCUT2D eigenvalue weighted by Crippen LogP contribution is 2.31. The maximum Gasteiger partial charge on any atom is 0.416 e. The maximum absolute atomic E-state index is 12.5. The Bertz CT molecular complexity index is 746. The zero-order valence-electron chi connectivity index (χ0n) is 10.4. The summed E-state index contributed by atoms with van der Waals surface area (Å²) in [5.74, 6) is 0. The summed E-state index contributed by atoms with van der Waals surface area (Å²) in [6.07, 6.45) is -2.59. The summed E-state index contributed by atoms with van der Waals surface area (Å²) in [6, 6.07) is 14.6. The van der Waals surface area contributed by atoms with E-state index in [0.29, 0.717) is 0 Å². The third-order valence-corrected chi connectivity index (χ3v) is 3.15. The van der Waals surface area contributed by atoms with E-state index in [4.69, 9.17) is 0 Å². The number of alkyl halides is 3. The van der Waals surface area contributed by atoms with Crippen LogP contribution in [0.5, 0.6) is 0 Å². The number of benzene rings is 2. The van der Waals surface area contributed by atoms with Crippen LogP contribution >= 0.6 is 0 Å². The Morgan fingerprint density at radius 1 is 0.800 bits per heavy atom. The zero-order valence-corrected chi connectivity index (χ0v) is 10.4. The molecule has 0 atom stereocenters. The summed E-state index contributed by atoms with van der Waals surface area (Å²) >= 11 is 0. The summed E-state index contributed by atoms with van der Waals surface area (Å²) in [7, 11) is 0. The van der Waals surface area contributed by atoms with Crippen molar-refractivity contribution in [2.45, 2.75) is 6.18 Å². The molecule has 3 rings (SSSR count). The van der Waals surface area contributed by atoms with Crippen molar-refractivity contribution in [1.82, 2.24) is 4.98 Å². The van der Waals surface area contributed by atoms with Gasteiger partial charge in [0.1, 0.15) is 0 Å². The number of fused-ring (bicyclic) bond motifs is 1. The fourth-order valence-electron chi connectivity index (χ4n) is 2.11. The Balaban J connectivity index is 2.02. The Labute approximate surface area is 113 Å². The average Bonchev–Trinajstić information content (AvgIpc) is 2.46. The predicted octanol–water partition coefficient (Wildman–Crippen LogP) is 4.92. The number of hydrogen-bond donors (Lipinski definition) is 0. The SMILES string of the molecule is FC(F)(F)c1ccc(-c2ccc3ncccc3c2)cc1. The molecule has 1 nitrogen and oxygen atoms in total. The largest absolute Gasteiger partial charge is 0.416 e. The molecular weight excluding hydrogens is 263 g/mol. The molecule has 1 heterocycles. The average molecular weight is 273 g/mol. The molecule has 3 aromatic rings. The lowest BCUT2D eigenvalue weighted by Crippen LogP contribution is -2.03. The Kier molecular flexibility index (Phi) is 2.93. The van der Waals surface area contributed by atoms with Gasteiger partial charge in [0.05, 0.1) is 11.1 Å². The molecule has 0 spiro atoms. The second kappa shape index (κ2) is 4.63. The van der Waals surface area contributed by atoms with Gasteiger partial charge in [-0.05, 0) is 41.5 Å². The molecule has 0 saturated carbocycles. The summed E-state index contributed by atoms with van der Waals surface area (Å²) in [5.41, 5.74) is 1.86. The maximum atomic E-state index is 12.5. The van der Waals surface area contributed by atoms with Gasteiger partial charge in [-0.2, -0.15) is 13.2 Å². The molecule has 0 saturated heterocycles. The number of halogens is 3. The molecule has 0 aliphatic carbocycles. The molecule has 0 aliphatic rings. The van der Waals surface area contributed by atoms with E-state index in [9.17, 15) is 13.2 Å². The topological polar surface area (TPSA) is 12.9 Å². The molecule has 2 aromatic carbocycles. The number of rotatable bonds is 1. The summed E-state index contributed by atoms with van der Waals surface area (Å²) in [5, 5.41) is 0.963. The molecule has 4 heteroatoms. The normalized spacial score (nSPS) is 11.8. The van der Waals surface area contributed by atoms with Crippen molar-refractivity contribution in [2.24, 2.45) is 0 Å². The van der Waals surface area contributed by atoms with E-state index >= 15 is 0 Å². The smallest absolute Gasteiger partial charge is 0.256 e. The zero-order chi connectivity index (χ0) is 14.2. The molecule has 1 aromatic heterocycles. The summed E-state index contributed by atoms with van der Waals surface area (Å²) < 4.78 is 37.6. The van der Waals surface area contributed by atoms with Crippen LogP contribution in [0.25, 0.3) is 22.0 Å². The Hall–Kier alpha value is -2.36. The van der Waals surface area contributed by atoms with Crippen molar-refractivity contribution < 1.29 is 13.2 Å². The second-order valence-corrected chi connectivity index (χ2v) is 4.49. The van der Waals surface area contributed by atoms with Gasteiger partial charge >= 0.3 is 6.18 Å².